The molecule has 0 radical (unpaired) electrons. The fraction of sp³-hybridized carbons (Fsp3) is 0.0625. The van der Waals surface area contributed by atoms with Gasteiger partial charge in [-0.15, -0.1) is 0 Å². The van der Waals surface area contributed by atoms with E-state index in [1.165, 1.54) is 4.90 Å². The summed E-state index contributed by atoms with van der Waals surface area (Å²) < 4.78 is 0.931. The van der Waals surface area contributed by atoms with Crippen LogP contribution in [0.1, 0.15) is 5.56 Å². The van der Waals surface area contributed by atoms with Crippen LogP contribution in [0, 0.1) is 11.8 Å². The molecule has 94 valence electrons. The average molecular weight is 314 g/mol. The lowest BCUT2D eigenvalue weighted by atomic mass is 10.2. The molecule has 0 aliphatic heterocycles. The summed E-state index contributed by atoms with van der Waals surface area (Å²) in [6, 6.07) is 17.0. The van der Waals surface area contributed by atoms with Gasteiger partial charge in [0.1, 0.15) is 0 Å². The van der Waals surface area contributed by atoms with Crippen LogP contribution in [0.2, 0.25) is 0 Å². The number of amides is 1. The van der Waals surface area contributed by atoms with Crippen molar-refractivity contribution in [3.63, 3.8) is 0 Å². The topological polar surface area (TPSA) is 20.3 Å². The van der Waals surface area contributed by atoms with Gasteiger partial charge in [0.15, 0.2) is 0 Å². The van der Waals surface area contributed by atoms with Gasteiger partial charge in [-0.25, -0.2) is 0 Å². The quantitative estimate of drug-likeness (QED) is 0.738. The molecule has 2 nitrogen and oxygen atoms in total. The van der Waals surface area contributed by atoms with Crippen molar-refractivity contribution in [1.29, 1.82) is 0 Å². The maximum absolute atomic E-state index is 12.0. The zero-order chi connectivity index (χ0) is 13.7. The second-order valence-electron chi connectivity index (χ2n) is 3.96. The van der Waals surface area contributed by atoms with E-state index in [9.17, 15) is 4.79 Å². The minimum absolute atomic E-state index is 0.234. The molecule has 1 amide bonds. The molecule has 2 aromatic carbocycles. The van der Waals surface area contributed by atoms with Crippen molar-refractivity contribution in [3.8, 4) is 11.8 Å². The first-order valence-electron chi connectivity index (χ1n) is 5.77. The fourth-order valence-corrected chi connectivity index (χ4v) is 1.92. The van der Waals surface area contributed by atoms with Crippen molar-refractivity contribution < 1.29 is 4.79 Å². The molecular formula is C16H12BrNO. The summed E-state index contributed by atoms with van der Waals surface area (Å²) in [5, 5.41) is 0. The van der Waals surface area contributed by atoms with Crippen molar-refractivity contribution in [2.24, 2.45) is 0 Å². The summed E-state index contributed by atoms with van der Waals surface area (Å²) in [6.45, 7) is 0. The van der Waals surface area contributed by atoms with E-state index in [-0.39, 0.29) is 5.91 Å². The minimum Gasteiger partial charge on any atom is -0.305 e. The van der Waals surface area contributed by atoms with E-state index in [2.05, 4.69) is 27.8 Å². The first kappa shape index (κ1) is 13.4. The van der Waals surface area contributed by atoms with E-state index in [4.69, 9.17) is 0 Å². The standard InChI is InChI=1S/C16H12BrNO/c1-18(15-9-5-8-14(17)12-15)16(19)11-10-13-6-3-2-4-7-13/h2-9,12H,1H3. The smallest absolute Gasteiger partial charge is 0.302 e. The normalized spacial score (nSPS) is 9.37. The number of hydrogen-bond donors (Lipinski definition) is 0. The molecule has 0 aliphatic carbocycles. The molecule has 0 saturated carbocycles. The molecular weight excluding hydrogens is 302 g/mol. The van der Waals surface area contributed by atoms with Gasteiger partial charge in [-0.1, -0.05) is 46.1 Å². The largest absolute Gasteiger partial charge is 0.305 e. The van der Waals surface area contributed by atoms with Crippen LogP contribution in [0.3, 0.4) is 0 Å². The molecule has 0 unspecified atom stereocenters. The first-order valence-corrected chi connectivity index (χ1v) is 6.56. The Hall–Kier alpha value is -2.05. The lowest BCUT2D eigenvalue weighted by Crippen LogP contribution is -2.24. The highest BCUT2D eigenvalue weighted by molar-refractivity contribution is 9.10. The Morgan fingerprint density at radius 3 is 2.53 bits per heavy atom. The van der Waals surface area contributed by atoms with Gasteiger partial charge in [0, 0.05) is 28.7 Å². The molecule has 0 heterocycles. The summed E-state index contributed by atoms with van der Waals surface area (Å²) in [5.74, 6) is 5.26. The van der Waals surface area contributed by atoms with Gasteiger partial charge in [0.2, 0.25) is 0 Å². The zero-order valence-corrected chi connectivity index (χ0v) is 12.0. The monoisotopic (exact) mass is 313 g/mol. The Balaban J connectivity index is 2.15. The maximum atomic E-state index is 12.0. The zero-order valence-electron chi connectivity index (χ0n) is 10.4. The molecule has 3 heteroatoms. The Morgan fingerprint density at radius 2 is 1.84 bits per heavy atom. The minimum atomic E-state index is -0.234. The highest BCUT2D eigenvalue weighted by Crippen LogP contribution is 2.18. The highest BCUT2D eigenvalue weighted by atomic mass is 79.9. The molecule has 2 aromatic rings. The SMILES string of the molecule is CN(C(=O)C#Cc1ccccc1)c1cccc(Br)c1. The number of benzene rings is 2. The van der Waals surface area contributed by atoms with Crippen LogP contribution in [-0.4, -0.2) is 13.0 Å². The third-order valence-electron chi connectivity index (χ3n) is 2.59. The molecule has 0 atom stereocenters. The van der Waals surface area contributed by atoms with Gasteiger partial charge in [-0.2, -0.15) is 0 Å². The van der Waals surface area contributed by atoms with Gasteiger partial charge < -0.3 is 4.90 Å². The second-order valence-corrected chi connectivity index (χ2v) is 4.88. The fourth-order valence-electron chi connectivity index (χ4n) is 1.53. The Bertz CT molecular complexity index is 641. The van der Waals surface area contributed by atoms with E-state index in [1.807, 2.05) is 54.6 Å². The van der Waals surface area contributed by atoms with Gasteiger partial charge in [-0.05, 0) is 30.3 Å². The van der Waals surface area contributed by atoms with Crippen LogP contribution >= 0.6 is 15.9 Å². The molecule has 0 aliphatic rings. The summed E-state index contributed by atoms with van der Waals surface area (Å²) in [6.07, 6.45) is 0. The molecule has 0 aromatic heterocycles. The van der Waals surface area contributed by atoms with Crippen molar-refractivity contribution >= 4 is 27.5 Å². The Morgan fingerprint density at radius 1 is 1.11 bits per heavy atom. The predicted octanol–water partition coefficient (Wildman–Crippen LogP) is 3.46. The number of halogens is 1. The van der Waals surface area contributed by atoms with E-state index >= 15 is 0 Å². The number of rotatable bonds is 1. The van der Waals surface area contributed by atoms with Crippen LogP contribution in [0.4, 0.5) is 5.69 Å². The summed E-state index contributed by atoms with van der Waals surface area (Å²) in [4.78, 5) is 13.5. The number of anilines is 1. The van der Waals surface area contributed by atoms with Crippen molar-refractivity contribution in [2.45, 2.75) is 0 Å². The van der Waals surface area contributed by atoms with Gasteiger partial charge in [-0.3, -0.25) is 4.79 Å². The van der Waals surface area contributed by atoms with Gasteiger partial charge >= 0.3 is 5.91 Å². The average Bonchev–Trinajstić information content (AvgIpc) is 2.45. The van der Waals surface area contributed by atoms with Crippen LogP contribution in [0.5, 0.6) is 0 Å². The second kappa shape index (κ2) is 6.21. The van der Waals surface area contributed by atoms with Gasteiger partial charge in [0.05, 0.1) is 0 Å². The molecule has 2 rings (SSSR count). The number of carbonyl (C=O) groups is 1. The predicted molar refractivity (Wildman–Crippen MR) is 80.9 cm³/mol. The van der Waals surface area contributed by atoms with Crippen LogP contribution in [0.25, 0.3) is 0 Å². The van der Waals surface area contributed by atoms with E-state index < -0.39 is 0 Å². The van der Waals surface area contributed by atoms with Crippen molar-refractivity contribution in [1.82, 2.24) is 0 Å². The number of nitrogens with zero attached hydrogens (tertiary/aromatic N) is 1. The third kappa shape index (κ3) is 3.70. The van der Waals surface area contributed by atoms with Crippen molar-refractivity contribution in [3.05, 3.63) is 64.6 Å². The highest BCUT2D eigenvalue weighted by Gasteiger charge is 2.07. The molecule has 0 spiro atoms. The number of carbonyl (C=O) groups excluding carboxylic acids is 1. The summed E-state index contributed by atoms with van der Waals surface area (Å²) in [5.41, 5.74) is 1.64. The molecule has 0 N–H and O–H groups in total. The summed E-state index contributed by atoms with van der Waals surface area (Å²) in [7, 11) is 1.71. The van der Waals surface area contributed by atoms with Crippen LogP contribution < -0.4 is 4.90 Å². The lowest BCUT2D eigenvalue weighted by Gasteiger charge is -2.13. The van der Waals surface area contributed by atoms with E-state index in [1.54, 1.807) is 7.05 Å². The molecule has 0 fully saturated rings. The van der Waals surface area contributed by atoms with E-state index in [0.717, 1.165) is 15.7 Å². The molecule has 0 saturated heterocycles. The first-order chi connectivity index (χ1) is 9.16. The third-order valence-corrected chi connectivity index (χ3v) is 3.08. The molecule has 19 heavy (non-hydrogen) atoms. The van der Waals surface area contributed by atoms with E-state index in [0.29, 0.717) is 0 Å². The summed E-state index contributed by atoms with van der Waals surface area (Å²) >= 11 is 3.38. The number of hydrogen-bond acceptors (Lipinski definition) is 1. The van der Waals surface area contributed by atoms with Crippen LogP contribution in [0.15, 0.2) is 59.1 Å². The molecule has 0 bridgehead atoms. The van der Waals surface area contributed by atoms with Gasteiger partial charge in [0.25, 0.3) is 0 Å². The van der Waals surface area contributed by atoms with Crippen LogP contribution in [-0.2, 0) is 4.79 Å². The lowest BCUT2D eigenvalue weighted by molar-refractivity contribution is -0.113. The Labute approximate surface area is 121 Å². The van der Waals surface area contributed by atoms with Crippen molar-refractivity contribution in [2.75, 3.05) is 11.9 Å². The Kier molecular flexibility index (Phi) is 4.38. The maximum Gasteiger partial charge on any atom is 0.302 e.